The quantitative estimate of drug-likeness (QED) is 0.521. The van der Waals surface area contributed by atoms with Crippen LogP contribution in [0.15, 0.2) is 24.3 Å². The van der Waals surface area contributed by atoms with Crippen LogP contribution in [0.2, 0.25) is 0 Å². The predicted molar refractivity (Wildman–Crippen MR) is 51.4 cm³/mol. The molecule has 70 valence electrons. The minimum absolute atomic E-state index is 0.222. The van der Waals surface area contributed by atoms with Gasteiger partial charge >= 0.3 is 0 Å². The van der Waals surface area contributed by atoms with Gasteiger partial charge in [-0.25, -0.2) is 0 Å². The van der Waals surface area contributed by atoms with Crippen LogP contribution in [0.3, 0.4) is 0 Å². The molecule has 1 aromatic carbocycles. The van der Waals surface area contributed by atoms with Crippen molar-refractivity contribution in [3.63, 3.8) is 0 Å². The summed E-state index contributed by atoms with van der Waals surface area (Å²) in [6.45, 7) is 0.717. The van der Waals surface area contributed by atoms with Crippen LogP contribution in [0.25, 0.3) is 0 Å². The Bertz CT molecular complexity index is 288. The summed E-state index contributed by atoms with van der Waals surface area (Å²) < 4.78 is 5.73. The Hall–Kier alpha value is -1.06. The lowest BCUT2D eigenvalue weighted by molar-refractivity contribution is 0.171. The van der Waals surface area contributed by atoms with Crippen LogP contribution in [-0.2, 0) is 6.42 Å². The SMILES string of the molecule is NNCC1CCc2ccccc2O1. The maximum atomic E-state index is 5.73. The smallest absolute Gasteiger partial charge is 0.122 e. The molecule has 13 heavy (non-hydrogen) atoms. The van der Waals surface area contributed by atoms with Crippen LogP contribution in [0.4, 0.5) is 0 Å². The second-order valence-corrected chi connectivity index (χ2v) is 3.29. The number of aryl methyl sites for hydroxylation is 1. The molecule has 0 saturated carbocycles. The van der Waals surface area contributed by atoms with Gasteiger partial charge in [-0.05, 0) is 24.5 Å². The molecule has 1 atom stereocenters. The molecule has 3 nitrogen and oxygen atoms in total. The fourth-order valence-corrected chi connectivity index (χ4v) is 1.66. The van der Waals surface area contributed by atoms with E-state index in [1.54, 1.807) is 0 Å². The second kappa shape index (κ2) is 3.77. The zero-order valence-corrected chi connectivity index (χ0v) is 7.49. The molecule has 0 spiro atoms. The van der Waals surface area contributed by atoms with Crippen molar-refractivity contribution in [3.05, 3.63) is 29.8 Å². The average Bonchev–Trinajstić information content (AvgIpc) is 2.18. The molecule has 2 rings (SSSR count). The van der Waals surface area contributed by atoms with Crippen LogP contribution in [0.5, 0.6) is 5.75 Å². The minimum Gasteiger partial charge on any atom is -0.489 e. The van der Waals surface area contributed by atoms with Gasteiger partial charge in [-0.15, -0.1) is 0 Å². The van der Waals surface area contributed by atoms with Crippen molar-refractivity contribution < 1.29 is 4.74 Å². The number of rotatable bonds is 2. The average molecular weight is 178 g/mol. The first-order chi connectivity index (χ1) is 6.40. The molecular weight excluding hydrogens is 164 g/mol. The van der Waals surface area contributed by atoms with E-state index in [2.05, 4.69) is 11.5 Å². The van der Waals surface area contributed by atoms with Gasteiger partial charge < -0.3 is 4.74 Å². The van der Waals surface area contributed by atoms with Gasteiger partial charge in [0.15, 0.2) is 0 Å². The first-order valence-electron chi connectivity index (χ1n) is 4.58. The van der Waals surface area contributed by atoms with E-state index in [0.29, 0.717) is 6.54 Å². The molecule has 1 heterocycles. The number of fused-ring (bicyclic) bond motifs is 1. The lowest BCUT2D eigenvalue weighted by Crippen LogP contribution is -2.37. The Balaban J connectivity index is 2.11. The summed E-state index contributed by atoms with van der Waals surface area (Å²) in [4.78, 5) is 0. The van der Waals surface area contributed by atoms with Crippen molar-refractivity contribution >= 4 is 0 Å². The van der Waals surface area contributed by atoms with E-state index in [1.165, 1.54) is 5.56 Å². The predicted octanol–water partition coefficient (Wildman–Crippen LogP) is 0.843. The molecular formula is C10H14N2O. The highest BCUT2D eigenvalue weighted by Gasteiger charge is 2.17. The van der Waals surface area contributed by atoms with Crippen molar-refractivity contribution in [1.82, 2.24) is 5.43 Å². The highest BCUT2D eigenvalue weighted by atomic mass is 16.5. The van der Waals surface area contributed by atoms with Gasteiger partial charge in [0, 0.05) is 6.54 Å². The van der Waals surface area contributed by atoms with Gasteiger partial charge in [-0.2, -0.15) is 0 Å². The Morgan fingerprint density at radius 2 is 2.31 bits per heavy atom. The highest BCUT2D eigenvalue weighted by Crippen LogP contribution is 2.26. The first-order valence-corrected chi connectivity index (χ1v) is 4.58. The first kappa shape index (κ1) is 8.53. The van der Waals surface area contributed by atoms with E-state index >= 15 is 0 Å². The maximum Gasteiger partial charge on any atom is 0.122 e. The zero-order valence-electron chi connectivity index (χ0n) is 7.49. The lowest BCUT2D eigenvalue weighted by atomic mass is 10.0. The summed E-state index contributed by atoms with van der Waals surface area (Å²) in [7, 11) is 0. The molecule has 3 heteroatoms. The molecule has 0 fully saturated rings. The van der Waals surface area contributed by atoms with E-state index < -0.39 is 0 Å². The minimum atomic E-state index is 0.222. The number of hydrazine groups is 1. The molecule has 1 unspecified atom stereocenters. The Morgan fingerprint density at radius 1 is 1.46 bits per heavy atom. The summed E-state index contributed by atoms with van der Waals surface area (Å²) in [6, 6.07) is 8.17. The topological polar surface area (TPSA) is 47.3 Å². The van der Waals surface area contributed by atoms with Gasteiger partial charge in [0.2, 0.25) is 0 Å². The third-order valence-electron chi connectivity index (χ3n) is 2.35. The third kappa shape index (κ3) is 1.82. The van der Waals surface area contributed by atoms with Crippen molar-refractivity contribution in [2.24, 2.45) is 5.84 Å². The number of para-hydroxylation sites is 1. The Labute approximate surface area is 77.9 Å². The van der Waals surface area contributed by atoms with Crippen LogP contribution in [0.1, 0.15) is 12.0 Å². The van der Waals surface area contributed by atoms with E-state index in [1.807, 2.05) is 18.2 Å². The maximum absolute atomic E-state index is 5.73. The molecule has 0 radical (unpaired) electrons. The highest BCUT2D eigenvalue weighted by molar-refractivity contribution is 5.35. The van der Waals surface area contributed by atoms with Crippen LogP contribution in [0, 0.1) is 0 Å². The molecule has 1 aromatic rings. The molecule has 0 saturated heterocycles. The van der Waals surface area contributed by atoms with E-state index in [-0.39, 0.29) is 6.10 Å². The molecule has 0 aliphatic carbocycles. The van der Waals surface area contributed by atoms with Crippen LogP contribution < -0.4 is 16.0 Å². The van der Waals surface area contributed by atoms with Gasteiger partial charge in [0.25, 0.3) is 0 Å². The van der Waals surface area contributed by atoms with E-state index in [9.17, 15) is 0 Å². The third-order valence-corrected chi connectivity index (χ3v) is 2.35. The van der Waals surface area contributed by atoms with Gasteiger partial charge in [0.05, 0.1) is 0 Å². The molecule has 1 aliphatic rings. The number of benzene rings is 1. The summed E-state index contributed by atoms with van der Waals surface area (Å²) in [5.41, 5.74) is 3.94. The monoisotopic (exact) mass is 178 g/mol. The summed E-state index contributed by atoms with van der Waals surface area (Å²) in [6.07, 6.45) is 2.35. The normalized spacial score (nSPS) is 20.5. The largest absolute Gasteiger partial charge is 0.489 e. The van der Waals surface area contributed by atoms with Crippen molar-refractivity contribution in [2.75, 3.05) is 6.54 Å². The zero-order chi connectivity index (χ0) is 9.10. The molecule has 0 amide bonds. The molecule has 1 aliphatic heterocycles. The van der Waals surface area contributed by atoms with Crippen molar-refractivity contribution in [3.8, 4) is 5.75 Å². The number of nitrogens with two attached hydrogens (primary N) is 1. The standard InChI is InChI=1S/C10H14N2O/c11-12-7-9-6-5-8-3-1-2-4-10(8)13-9/h1-4,9,12H,5-7,11H2. The van der Waals surface area contributed by atoms with Gasteiger partial charge in [0.1, 0.15) is 11.9 Å². The molecule has 0 aromatic heterocycles. The fraction of sp³-hybridized carbons (Fsp3) is 0.400. The van der Waals surface area contributed by atoms with Crippen LogP contribution >= 0.6 is 0 Å². The van der Waals surface area contributed by atoms with Crippen molar-refractivity contribution in [1.29, 1.82) is 0 Å². The lowest BCUT2D eigenvalue weighted by Gasteiger charge is -2.25. The summed E-state index contributed by atoms with van der Waals surface area (Å²) in [5, 5.41) is 0. The fourth-order valence-electron chi connectivity index (χ4n) is 1.66. The van der Waals surface area contributed by atoms with E-state index in [0.717, 1.165) is 18.6 Å². The summed E-state index contributed by atoms with van der Waals surface area (Å²) >= 11 is 0. The Kier molecular flexibility index (Phi) is 2.47. The number of nitrogens with one attached hydrogen (secondary N) is 1. The van der Waals surface area contributed by atoms with Crippen LogP contribution in [-0.4, -0.2) is 12.6 Å². The molecule has 0 bridgehead atoms. The molecule has 3 N–H and O–H groups in total. The van der Waals surface area contributed by atoms with Gasteiger partial charge in [-0.3, -0.25) is 11.3 Å². The number of ether oxygens (including phenoxy) is 1. The summed E-state index contributed by atoms with van der Waals surface area (Å²) in [5.74, 6) is 6.26. The number of hydrogen-bond acceptors (Lipinski definition) is 3. The Morgan fingerprint density at radius 3 is 3.15 bits per heavy atom. The second-order valence-electron chi connectivity index (χ2n) is 3.29. The van der Waals surface area contributed by atoms with Gasteiger partial charge in [-0.1, -0.05) is 18.2 Å². The van der Waals surface area contributed by atoms with Crippen molar-refractivity contribution in [2.45, 2.75) is 18.9 Å². The number of hydrogen-bond donors (Lipinski definition) is 2. The van der Waals surface area contributed by atoms with E-state index in [4.69, 9.17) is 10.6 Å².